The third-order valence-corrected chi connectivity index (χ3v) is 4.18. The molecular weight excluding hydrogens is 316 g/mol. The normalized spacial score (nSPS) is 18.3. The minimum atomic E-state index is -0.825. The first-order valence-electron chi connectivity index (χ1n) is 7.72. The number of aromatic nitrogens is 2. The molecule has 3 heterocycles. The fraction of sp³-hybridized carbons (Fsp3) is 0.294. The number of hydrogen-bond donors (Lipinski definition) is 0. The molecule has 1 aromatic carbocycles. The molecule has 1 fully saturated rings. The molecule has 2 aromatic heterocycles. The van der Waals surface area contributed by atoms with Gasteiger partial charge in [0.1, 0.15) is 0 Å². The zero-order valence-corrected chi connectivity index (χ0v) is 12.8. The first kappa shape index (κ1) is 15.0. The van der Waals surface area contributed by atoms with Crippen LogP contribution in [0, 0.1) is 11.6 Å². The number of halogens is 2. The molecule has 0 N–H and O–H groups in total. The van der Waals surface area contributed by atoms with Gasteiger partial charge in [-0.3, -0.25) is 4.90 Å². The Kier molecular flexibility index (Phi) is 3.86. The Bertz CT molecular complexity index is 832. The van der Waals surface area contributed by atoms with Crippen molar-refractivity contribution >= 4 is 0 Å². The van der Waals surface area contributed by atoms with Crippen molar-refractivity contribution in [3.05, 3.63) is 59.7 Å². The Labute approximate surface area is 136 Å². The monoisotopic (exact) mass is 331 g/mol. The minimum Gasteiger partial charge on any atom is -0.459 e. The van der Waals surface area contributed by atoms with Crippen LogP contribution < -0.4 is 0 Å². The van der Waals surface area contributed by atoms with Crippen molar-refractivity contribution in [2.75, 3.05) is 13.1 Å². The standard InChI is InChI=1S/C17H15F2N3O2/c18-13-4-3-11(8-14(13)19)9-22-6-5-12(10-22)16-20-21-17(24-16)15-2-1-7-23-15/h1-4,7-8,12H,5-6,9-10H2. The van der Waals surface area contributed by atoms with Gasteiger partial charge in [-0.05, 0) is 42.8 Å². The third kappa shape index (κ3) is 2.94. The molecule has 7 heteroatoms. The highest BCUT2D eigenvalue weighted by atomic mass is 19.2. The average Bonchev–Trinajstić information content (AvgIpc) is 3.30. The van der Waals surface area contributed by atoms with Crippen LogP contribution >= 0.6 is 0 Å². The van der Waals surface area contributed by atoms with Crippen LogP contribution in [0.3, 0.4) is 0 Å². The van der Waals surface area contributed by atoms with E-state index in [2.05, 4.69) is 15.1 Å². The summed E-state index contributed by atoms with van der Waals surface area (Å²) < 4.78 is 37.2. The molecule has 1 unspecified atom stereocenters. The van der Waals surface area contributed by atoms with Crippen LogP contribution in [-0.2, 0) is 6.54 Å². The zero-order valence-electron chi connectivity index (χ0n) is 12.8. The molecular formula is C17H15F2N3O2. The highest BCUT2D eigenvalue weighted by Gasteiger charge is 2.28. The van der Waals surface area contributed by atoms with Crippen LogP contribution in [0.15, 0.2) is 45.4 Å². The summed E-state index contributed by atoms with van der Waals surface area (Å²) in [7, 11) is 0. The SMILES string of the molecule is Fc1ccc(CN2CCC(c3nnc(-c4ccco4)o3)C2)cc1F. The highest BCUT2D eigenvalue weighted by Crippen LogP contribution is 2.29. The van der Waals surface area contributed by atoms with Gasteiger partial charge < -0.3 is 8.83 Å². The lowest BCUT2D eigenvalue weighted by molar-refractivity contribution is 0.319. The number of benzene rings is 1. The van der Waals surface area contributed by atoms with Crippen molar-refractivity contribution in [2.45, 2.75) is 18.9 Å². The van der Waals surface area contributed by atoms with Crippen LogP contribution in [0.2, 0.25) is 0 Å². The van der Waals surface area contributed by atoms with E-state index in [9.17, 15) is 8.78 Å². The Morgan fingerprint density at radius 2 is 2.08 bits per heavy atom. The van der Waals surface area contributed by atoms with Crippen LogP contribution in [-0.4, -0.2) is 28.2 Å². The summed E-state index contributed by atoms with van der Waals surface area (Å²) in [5, 5.41) is 8.12. The second-order valence-electron chi connectivity index (χ2n) is 5.89. The molecule has 0 bridgehead atoms. The van der Waals surface area contributed by atoms with E-state index < -0.39 is 11.6 Å². The maximum atomic E-state index is 13.3. The molecule has 5 nitrogen and oxygen atoms in total. The summed E-state index contributed by atoms with van der Waals surface area (Å²) in [4.78, 5) is 2.16. The molecule has 1 aliphatic heterocycles. The number of rotatable bonds is 4. The van der Waals surface area contributed by atoms with Crippen molar-refractivity contribution in [3.8, 4) is 11.7 Å². The highest BCUT2D eigenvalue weighted by molar-refractivity contribution is 5.42. The van der Waals surface area contributed by atoms with Crippen molar-refractivity contribution in [3.63, 3.8) is 0 Å². The van der Waals surface area contributed by atoms with Crippen LogP contribution in [0.4, 0.5) is 8.78 Å². The first-order valence-corrected chi connectivity index (χ1v) is 7.72. The van der Waals surface area contributed by atoms with E-state index in [4.69, 9.17) is 8.83 Å². The van der Waals surface area contributed by atoms with E-state index in [1.54, 1.807) is 24.5 Å². The van der Waals surface area contributed by atoms with Crippen molar-refractivity contribution in [2.24, 2.45) is 0 Å². The minimum absolute atomic E-state index is 0.131. The summed E-state index contributed by atoms with van der Waals surface area (Å²) in [6.45, 7) is 2.13. The van der Waals surface area contributed by atoms with Gasteiger partial charge in [0.2, 0.25) is 5.89 Å². The van der Waals surface area contributed by atoms with Gasteiger partial charge in [-0.2, -0.15) is 0 Å². The van der Waals surface area contributed by atoms with Gasteiger partial charge in [0.15, 0.2) is 17.4 Å². The smallest absolute Gasteiger partial charge is 0.283 e. The predicted octanol–water partition coefficient (Wildman–Crippen LogP) is 3.60. The van der Waals surface area contributed by atoms with Gasteiger partial charge in [0.25, 0.3) is 5.89 Å². The molecule has 4 rings (SSSR count). The van der Waals surface area contributed by atoms with Gasteiger partial charge in [0, 0.05) is 13.1 Å². The van der Waals surface area contributed by atoms with E-state index in [1.807, 2.05) is 0 Å². The number of hydrogen-bond acceptors (Lipinski definition) is 5. The number of likely N-dealkylation sites (tertiary alicyclic amines) is 1. The van der Waals surface area contributed by atoms with E-state index in [0.29, 0.717) is 24.1 Å². The summed E-state index contributed by atoms with van der Waals surface area (Å²) in [5.41, 5.74) is 0.747. The molecule has 1 aliphatic rings. The largest absolute Gasteiger partial charge is 0.459 e. The molecule has 1 atom stereocenters. The summed E-state index contributed by atoms with van der Waals surface area (Å²) >= 11 is 0. The summed E-state index contributed by atoms with van der Waals surface area (Å²) in [6, 6.07) is 7.53. The summed E-state index contributed by atoms with van der Waals surface area (Å²) in [6.07, 6.45) is 2.43. The lowest BCUT2D eigenvalue weighted by Crippen LogP contribution is -2.20. The van der Waals surface area contributed by atoms with E-state index >= 15 is 0 Å². The molecule has 3 aromatic rings. The molecule has 0 amide bonds. The van der Waals surface area contributed by atoms with Crippen LogP contribution in [0.25, 0.3) is 11.7 Å². The van der Waals surface area contributed by atoms with Gasteiger partial charge in [-0.1, -0.05) is 6.07 Å². The summed E-state index contributed by atoms with van der Waals surface area (Å²) in [5.74, 6) is -0.0160. The molecule has 0 spiro atoms. The average molecular weight is 331 g/mol. The number of nitrogens with zero attached hydrogens (tertiary/aromatic N) is 3. The van der Waals surface area contributed by atoms with Crippen molar-refractivity contribution in [1.29, 1.82) is 0 Å². The maximum Gasteiger partial charge on any atom is 0.283 e. The van der Waals surface area contributed by atoms with E-state index in [-0.39, 0.29) is 5.92 Å². The number of furan rings is 1. The molecule has 124 valence electrons. The van der Waals surface area contributed by atoms with Crippen LogP contribution in [0.1, 0.15) is 23.8 Å². The van der Waals surface area contributed by atoms with E-state index in [1.165, 1.54) is 6.07 Å². The van der Waals surface area contributed by atoms with Crippen molar-refractivity contribution in [1.82, 2.24) is 15.1 Å². The van der Waals surface area contributed by atoms with Gasteiger partial charge in [-0.25, -0.2) is 8.78 Å². The van der Waals surface area contributed by atoms with Crippen molar-refractivity contribution < 1.29 is 17.6 Å². The fourth-order valence-corrected chi connectivity index (χ4v) is 2.97. The molecule has 1 saturated heterocycles. The lowest BCUT2D eigenvalue weighted by Gasteiger charge is -2.15. The Hall–Kier alpha value is -2.54. The molecule has 24 heavy (non-hydrogen) atoms. The quantitative estimate of drug-likeness (QED) is 0.731. The van der Waals surface area contributed by atoms with Gasteiger partial charge in [-0.15, -0.1) is 10.2 Å². The van der Waals surface area contributed by atoms with Gasteiger partial charge >= 0.3 is 0 Å². The second-order valence-corrected chi connectivity index (χ2v) is 5.89. The van der Waals surface area contributed by atoms with Gasteiger partial charge in [0.05, 0.1) is 12.2 Å². The zero-order chi connectivity index (χ0) is 16.5. The molecule has 0 aliphatic carbocycles. The van der Waals surface area contributed by atoms with E-state index in [0.717, 1.165) is 31.1 Å². The third-order valence-electron chi connectivity index (χ3n) is 4.18. The fourth-order valence-electron chi connectivity index (χ4n) is 2.97. The Morgan fingerprint density at radius 3 is 2.88 bits per heavy atom. The lowest BCUT2D eigenvalue weighted by atomic mass is 10.1. The Balaban J connectivity index is 1.42. The first-order chi connectivity index (χ1) is 11.7. The molecule has 0 radical (unpaired) electrons. The second kappa shape index (κ2) is 6.16. The molecule has 0 saturated carbocycles. The Morgan fingerprint density at radius 1 is 1.17 bits per heavy atom. The topological polar surface area (TPSA) is 55.3 Å². The van der Waals surface area contributed by atoms with Crippen LogP contribution in [0.5, 0.6) is 0 Å². The predicted molar refractivity (Wildman–Crippen MR) is 81.0 cm³/mol. The maximum absolute atomic E-state index is 13.3.